The van der Waals surface area contributed by atoms with Crippen molar-refractivity contribution < 1.29 is 8.78 Å². The molecule has 0 radical (unpaired) electrons. The predicted molar refractivity (Wildman–Crippen MR) is 70.6 cm³/mol. The lowest BCUT2D eigenvalue weighted by molar-refractivity contribution is 0.297. The van der Waals surface area contributed by atoms with E-state index in [1.807, 2.05) is 6.92 Å². The predicted octanol–water partition coefficient (Wildman–Crippen LogP) is 2.96. The zero-order chi connectivity index (χ0) is 13.5. The number of nitrogens with zero attached hydrogens (tertiary/aromatic N) is 1. The Morgan fingerprint density at radius 2 is 1.89 bits per heavy atom. The first kappa shape index (κ1) is 15.1. The second-order valence-electron chi connectivity index (χ2n) is 4.37. The van der Waals surface area contributed by atoms with Crippen LogP contribution < -0.4 is 5.32 Å². The molecule has 0 amide bonds. The second kappa shape index (κ2) is 7.44. The maximum Gasteiger partial charge on any atom is 0.130 e. The minimum absolute atomic E-state index is 0.110. The highest BCUT2D eigenvalue weighted by Crippen LogP contribution is 2.17. The van der Waals surface area contributed by atoms with Crippen LogP contribution in [0.15, 0.2) is 18.2 Å². The van der Waals surface area contributed by atoms with Crippen molar-refractivity contribution in [2.24, 2.45) is 0 Å². The Bertz CT molecular complexity index is 365. The molecule has 0 saturated carbocycles. The summed E-state index contributed by atoms with van der Waals surface area (Å²) in [5.41, 5.74) is 0.510. The molecular weight excluding hydrogens is 234 g/mol. The second-order valence-corrected chi connectivity index (χ2v) is 4.37. The molecule has 18 heavy (non-hydrogen) atoms. The Hall–Kier alpha value is -1.00. The van der Waals surface area contributed by atoms with Gasteiger partial charge in [-0.15, -0.1) is 0 Å². The average molecular weight is 256 g/mol. The van der Waals surface area contributed by atoms with Gasteiger partial charge in [0.1, 0.15) is 11.6 Å². The third-order valence-corrected chi connectivity index (χ3v) is 3.20. The Labute approximate surface area is 108 Å². The SMILES string of the molecule is CCN(CC)CCNC(C)c1ccc(F)cc1F. The van der Waals surface area contributed by atoms with Gasteiger partial charge in [0.05, 0.1) is 0 Å². The van der Waals surface area contributed by atoms with E-state index in [-0.39, 0.29) is 6.04 Å². The van der Waals surface area contributed by atoms with Crippen molar-refractivity contribution >= 4 is 0 Å². The van der Waals surface area contributed by atoms with E-state index in [1.54, 1.807) is 0 Å². The molecule has 1 atom stereocenters. The Kier molecular flexibility index (Phi) is 6.22. The summed E-state index contributed by atoms with van der Waals surface area (Å²) < 4.78 is 26.3. The van der Waals surface area contributed by atoms with Gasteiger partial charge in [-0.2, -0.15) is 0 Å². The first-order chi connectivity index (χ1) is 8.58. The summed E-state index contributed by atoms with van der Waals surface area (Å²) in [6.45, 7) is 9.87. The molecule has 1 N–H and O–H groups in total. The molecule has 1 aromatic carbocycles. The highest BCUT2D eigenvalue weighted by molar-refractivity contribution is 5.21. The molecule has 0 bridgehead atoms. The highest BCUT2D eigenvalue weighted by atomic mass is 19.1. The molecule has 4 heteroatoms. The van der Waals surface area contributed by atoms with E-state index >= 15 is 0 Å². The first-order valence-electron chi connectivity index (χ1n) is 6.49. The van der Waals surface area contributed by atoms with Gasteiger partial charge in [-0.05, 0) is 26.1 Å². The van der Waals surface area contributed by atoms with Gasteiger partial charge in [0.2, 0.25) is 0 Å². The van der Waals surface area contributed by atoms with Crippen molar-refractivity contribution in [3.63, 3.8) is 0 Å². The maximum absolute atomic E-state index is 13.5. The van der Waals surface area contributed by atoms with Gasteiger partial charge in [0.25, 0.3) is 0 Å². The molecule has 0 fully saturated rings. The molecule has 0 aliphatic heterocycles. The average Bonchev–Trinajstić information content (AvgIpc) is 2.34. The molecule has 1 rings (SSSR count). The number of benzene rings is 1. The monoisotopic (exact) mass is 256 g/mol. The van der Waals surface area contributed by atoms with Crippen LogP contribution in [-0.4, -0.2) is 31.1 Å². The van der Waals surface area contributed by atoms with Gasteiger partial charge in [-0.1, -0.05) is 19.9 Å². The first-order valence-corrected chi connectivity index (χ1v) is 6.49. The minimum Gasteiger partial charge on any atom is -0.309 e. The van der Waals surface area contributed by atoms with Gasteiger partial charge in [-0.3, -0.25) is 0 Å². The van der Waals surface area contributed by atoms with Crippen molar-refractivity contribution in [2.45, 2.75) is 26.8 Å². The fourth-order valence-corrected chi connectivity index (χ4v) is 1.94. The van der Waals surface area contributed by atoms with Crippen molar-refractivity contribution in [3.8, 4) is 0 Å². The van der Waals surface area contributed by atoms with Crippen molar-refractivity contribution in [1.82, 2.24) is 10.2 Å². The molecule has 1 aromatic rings. The van der Waals surface area contributed by atoms with E-state index in [2.05, 4.69) is 24.1 Å². The van der Waals surface area contributed by atoms with Crippen LogP contribution in [0.25, 0.3) is 0 Å². The standard InChI is InChI=1S/C14H22F2N2/c1-4-18(5-2)9-8-17-11(3)13-7-6-12(15)10-14(13)16/h6-7,10-11,17H,4-5,8-9H2,1-3H3. The molecule has 0 saturated heterocycles. The third kappa shape index (κ3) is 4.35. The summed E-state index contributed by atoms with van der Waals surface area (Å²) >= 11 is 0. The number of hydrogen-bond acceptors (Lipinski definition) is 2. The normalized spacial score (nSPS) is 13.0. The Morgan fingerprint density at radius 1 is 1.22 bits per heavy atom. The van der Waals surface area contributed by atoms with Crippen LogP contribution in [0.2, 0.25) is 0 Å². The summed E-state index contributed by atoms with van der Waals surface area (Å²) in [4.78, 5) is 2.29. The fraction of sp³-hybridized carbons (Fsp3) is 0.571. The lowest BCUT2D eigenvalue weighted by atomic mass is 10.1. The van der Waals surface area contributed by atoms with Crippen molar-refractivity contribution in [1.29, 1.82) is 0 Å². The van der Waals surface area contributed by atoms with Crippen molar-refractivity contribution in [2.75, 3.05) is 26.2 Å². The number of nitrogens with one attached hydrogen (secondary N) is 1. The topological polar surface area (TPSA) is 15.3 Å². The zero-order valence-electron chi connectivity index (χ0n) is 11.3. The van der Waals surface area contributed by atoms with Gasteiger partial charge in [0.15, 0.2) is 0 Å². The summed E-state index contributed by atoms with van der Waals surface area (Å²) in [6, 6.07) is 3.61. The largest absolute Gasteiger partial charge is 0.309 e. The number of likely N-dealkylation sites (N-methyl/N-ethyl adjacent to an activating group) is 1. The summed E-state index contributed by atoms with van der Waals surface area (Å²) in [5, 5.41) is 3.25. The number of hydrogen-bond donors (Lipinski definition) is 1. The molecule has 2 nitrogen and oxygen atoms in total. The lowest BCUT2D eigenvalue weighted by Gasteiger charge is -2.20. The van der Waals surface area contributed by atoms with E-state index in [9.17, 15) is 8.78 Å². The maximum atomic E-state index is 13.5. The van der Waals surface area contributed by atoms with Gasteiger partial charge >= 0.3 is 0 Å². The van der Waals surface area contributed by atoms with Gasteiger partial charge in [0, 0.05) is 30.8 Å². The third-order valence-electron chi connectivity index (χ3n) is 3.20. The highest BCUT2D eigenvalue weighted by Gasteiger charge is 2.11. The number of rotatable bonds is 7. The van der Waals surface area contributed by atoms with E-state index < -0.39 is 11.6 Å². The lowest BCUT2D eigenvalue weighted by Crippen LogP contribution is -2.33. The van der Waals surface area contributed by atoms with Crippen molar-refractivity contribution in [3.05, 3.63) is 35.4 Å². The van der Waals surface area contributed by atoms with Crippen LogP contribution in [0.4, 0.5) is 8.78 Å². The molecule has 0 spiro atoms. The molecule has 102 valence electrons. The van der Waals surface area contributed by atoms with E-state index in [0.717, 1.165) is 32.2 Å². The molecule has 1 unspecified atom stereocenters. The molecule has 0 aliphatic rings. The summed E-state index contributed by atoms with van der Waals surface area (Å²) in [5.74, 6) is -1.02. The van der Waals surface area contributed by atoms with E-state index in [1.165, 1.54) is 12.1 Å². The van der Waals surface area contributed by atoms with Crippen LogP contribution >= 0.6 is 0 Å². The van der Waals surface area contributed by atoms with E-state index in [4.69, 9.17) is 0 Å². The van der Waals surface area contributed by atoms with Crippen LogP contribution in [0.3, 0.4) is 0 Å². The van der Waals surface area contributed by atoms with Gasteiger partial charge in [-0.25, -0.2) is 8.78 Å². The van der Waals surface area contributed by atoms with E-state index in [0.29, 0.717) is 5.56 Å². The van der Waals surface area contributed by atoms with Crippen LogP contribution in [0, 0.1) is 11.6 Å². The molecule has 0 aromatic heterocycles. The van der Waals surface area contributed by atoms with Crippen LogP contribution in [0.1, 0.15) is 32.4 Å². The smallest absolute Gasteiger partial charge is 0.130 e. The van der Waals surface area contributed by atoms with Gasteiger partial charge < -0.3 is 10.2 Å². The minimum atomic E-state index is -0.536. The number of halogens is 2. The van der Waals surface area contributed by atoms with Crippen LogP contribution in [0.5, 0.6) is 0 Å². The quantitative estimate of drug-likeness (QED) is 0.807. The fourth-order valence-electron chi connectivity index (χ4n) is 1.94. The molecule has 0 heterocycles. The molecule has 0 aliphatic carbocycles. The van der Waals surface area contributed by atoms with Crippen LogP contribution in [-0.2, 0) is 0 Å². The Balaban J connectivity index is 2.47. The summed E-state index contributed by atoms with van der Waals surface area (Å²) in [7, 11) is 0. The Morgan fingerprint density at radius 3 is 2.44 bits per heavy atom. The molecular formula is C14H22F2N2. The summed E-state index contributed by atoms with van der Waals surface area (Å²) in [6.07, 6.45) is 0. The zero-order valence-corrected chi connectivity index (χ0v) is 11.3.